The fourth-order valence-electron chi connectivity index (χ4n) is 12.2. The van der Waals surface area contributed by atoms with E-state index in [1.54, 1.807) is 0 Å². The first-order valence-corrected chi connectivity index (χ1v) is 25.2. The minimum Gasteiger partial charge on any atom is -0.458 e. The first-order chi connectivity index (χ1) is 36.7. The highest BCUT2D eigenvalue weighted by Gasteiger charge is 2.43. The minimum atomic E-state index is -0.123. The molecule has 0 bridgehead atoms. The highest BCUT2D eigenvalue weighted by molar-refractivity contribution is 6.99. The summed E-state index contributed by atoms with van der Waals surface area (Å²) in [5.74, 6) is 6.54. The van der Waals surface area contributed by atoms with Gasteiger partial charge in [-0.1, -0.05) is 133 Å². The summed E-state index contributed by atoms with van der Waals surface area (Å²) in [5.41, 5.74) is 12.8. The van der Waals surface area contributed by atoms with Crippen molar-refractivity contribution in [3.63, 3.8) is 0 Å². The fraction of sp³-hybridized carbons (Fsp3) is 0. The lowest BCUT2D eigenvalue weighted by Crippen LogP contribution is -2.57. The largest absolute Gasteiger partial charge is 0.458 e. The molecule has 344 valence electrons. The highest BCUT2D eigenvalue weighted by atomic mass is 16.5. The van der Waals surface area contributed by atoms with Gasteiger partial charge in [-0.3, -0.25) is 0 Å². The lowest BCUT2D eigenvalue weighted by molar-refractivity contribution is 0.464. The van der Waals surface area contributed by atoms with Crippen molar-refractivity contribution in [3.05, 3.63) is 243 Å². The summed E-state index contributed by atoms with van der Waals surface area (Å²) >= 11 is 0. The molecule has 4 aliphatic rings. The zero-order valence-corrected chi connectivity index (χ0v) is 39.8. The third-order valence-electron chi connectivity index (χ3n) is 15.4. The van der Waals surface area contributed by atoms with Gasteiger partial charge in [0.25, 0.3) is 13.4 Å². The van der Waals surface area contributed by atoms with Crippen molar-refractivity contribution in [3.8, 4) is 46.0 Å². The predicted molar refractivity (Wildman–Crippen MR) is 304 cm³/mol. The molecule has 0 atom stereocenters. The zero-order chi connectivity index (χ0) is 48.4. The summed E-state index contributed by atoms with van der Waals surface area (Å²) in [7, 11) is 0. The molecule has 16 rings (SSSR count). The molecule has 0 spiro atoms. The molecular formula is C66H40B2N2O4. The zero-order valence-electron chi connectivity index (χ0n) is 39.8. The number of para-hydroxylation sites is 4. The first-order valence-electron chi connectivity index (χ1n) is 25.2. The van der Waals surface area contributed by atoms with E-state index in [1.165, 1.54) is 10.8 Å². The molecule has 0 radical (unpaired) electrons. The topological polar surface area (TPSA) is 43.4 Å². The van der Waals surface area contributed by atoms with Crippen LogP contribution in [0.4, 0.5) is 34.1 Å². The number of hydrogen-bond acceptors (Lipinski definition) is 6. The van der Waals surface area contributed by atoms with Crippen LogP contribution in [0, 0.1) is 0 Å². The third kappa shape index (κ3) is 6.15. The van der Waals surface area contributed by atoms with Gasteiger partial charge < -0.3 is 28.7 Å². The van der Waals surface area contributed by atoms with Gasteiger partial charge >= 0.3 is 0 Å². The van der Waals surface area contributed by atoms with E-state index in [2.05, 4.69) is 240 Å². The van der Waals surface area contributed by atoms with Crippen LogP contribution in [0.3, 0.4) is 0 Å². The molecule has 0 aromatic heterocycles. The van der Waals surface area contributed by atoms with Gasteiger partial charge in [0.15, 0.2) is 0 Å². The van der Waals surface area contributed by atoms with E-state index < -0.39 is 0 Å². The third-order valence-corrected chi connectivity index (χ3v) is 15.4. The molecular weight excluding hydrogens is 906 g/mol. The van der Waals surface area contributed by atoms with Crippen LogP contribution in [0.5, 0.6) is 46.0 Å². The van der Waals surface area contributed by atoms with Crippen LogP contribution in [0.15, 0.2) is 243 Å². The molecule has 4 heterocycles. The van der Waals surface area contributed by atoms with Gasteiger partial charge in [0.05, 0.1) is 0 Å². The van der Waals surface area contributed by atoms with Crippen LogP contribution in [0.25, 0.3) is 32.3 Å². The minimum absolute atomic E-state index is 0.123. The lowest BCUT2D eigenvalue weighted by atomic mass is 9.34. The maximum Gasteiger partial charge on any atom is 0.260 e. The lowest BCUT2D eigenvalue weighted by Gasteiger charge is -2.35. The Morgan fingerprint density at radius 3 is 0.878 bits per heavy atom. The summed E-state index contributed by atoms with van der Waals surface area (Å²) in [6.07, 6.45) is 0. The van der Waals surface area contributed by atoms with Crippen molar-refractivity contribution in [1.29, 1.82) is 0 Å². The number of nitrogens with zero attached hydrogens (tertiary/aromatic N) is 2. The number of fused-ring (bicyclic) bond motifs is 14. The second-order valence-corrected chi connectivity index (χ2v) is 19.5. The summed E-state index contributed by atoms with van der Waals surface area (Å²) in [6, 6.07) is 85.8. The SMILES string of the molecule is c1ccc(N(c2ccccc2)c2ccc3c(c2)Oc2cccc4c2B3c2cc3c5ccccc5c5cc6c(cc5c3cc2O4)Oc2cccc3c2B6c2ccc(N(c4ccccc4)c4ccccc4)cc2O3)cc1. The Bertz CT molecular complexity index is 3930. The number of anilines is 6. The Hall–Kier alpha value is -9.65. The second kappa shape index (κ2) is 15.9. The van der Waals surface area contributed by atoms with E-state index in [0.717, 1.165) is 134 Å². The summed E-state index contributed by atoms with van der Waals surface area (Å²) < 4.78 is 27.7. The molecule has 12 aromatic rings. The monoisotopic (exact) mass is 946 g/mol. The quantitative estimate of drug-likeness (QED) is 0.122. The Morgan fingerprint density at radius 2 is 0.527 bits per heavy atom. The molecule has 0 fully saturated rings. The van der Waals surface area contributed by atoms with Crippen molar-refractivity contribution in [1.82, 2.24) is 0 Å². The van der Waals surface area contributed by atoms with Crippen molar-refractivity contribution in [2.24, 2.45) is 0 Å². The predicted octanol–water partition coefficient (Wildman–Crippen LogP) is 13.5. The van der Waals surface area contributed by atoms with Crippen LogP contribution >= 0.6 is 0 Å². The molecule has 6 nitrogen and oxygen atoms in total. The van der Waals surface area contributed by atoms with E-state index in [4.69, 9.17) is 18.9 Å². The maximum absolute atomic E-state index is 6.99. The standard InChI is InChI=1S/C66H40B2N2O4/c1-5-17-41(18-6-1)69(42-19-7-2-8-20-42)45-31-33-53-61(35-45)71-57-27-15-29-59-65(57)67(53)55-37-49-47-25-13-14-26-48(47)50-38-56-64(40-52(50)51(49)39-63(55)73-59)74-60-30-16-28-58-66(60)68(56)54-34-32-46(36-62(54)72-58)70(43-21-9-3-10-22-43)44-23-11-4-12-24-44/h1-40H. The van der Waals surface area contributed by atoms with Crippen LogP contribution in [0.2, 0.25) is 0 Å². The van der Waals surface area contributed by atoms with Gasteiger partial charge in [0.2, 0.25) is 0 Å². The Balaban J connectivity index is 0.858. The van der Waals surface area contributed by atoms with Gasteiger partial charge in [0.1, 0.15) is 46.0 Å². The van der Waals surface area contributed by atoms with Gasteiger partial charge in [-0.25, -0.2) is 0 Å². The summed E-state index contributed by atoms with van der Waals surface area (Å²) in [6.45, 7) is -0.245. The average molecular weight is 947 g/mol. The van der Waals surface area contributed by atoms with E-state index in [0.29, 0.717) is 0 Å². The fourth-order valence-corrected chi connectivity index (χ4v) is 12.2. The smallest absolute Gasteiger partial charge is 0.260 e. The molecule has 0 aliphatic carbocycles. The highest BCUT2D eigenvalue weighted by Crippen LogP contribution is 2.45. The van der Waals surface area contributed by atoms with Crippen LogP contribution in [-0.4, -0.2) is 13.4 Å². The Kier molecular flexibility index (Phi) is 8.83. The van der Waals surface area contributed by atoms with E-state index in [-0.39, 0.29) is 13.4 Å². The molecule has 0 amide bonds. The number of benzene rings is 12. The number of hydrogen-bond donors (Lipinski definition) is 0. The maximum atomic E-state index is 6.99. The second-order valence-electron chi connectivity index (χ2n) is 19.5. The van der Waals surface area contributed by atoms with E-state index in [9.17, 15) is 0 Å². The summed E-state index contributed by atoms with van der Waals surface area (Å²) in [5, 5.41) is 6.88. The van der Waals surface area contributed by atoms with Crippen molar-refractivity contribution in [2.45, 2.75) is 0 Å². The Labute approximate surface area is 428 Å². The van der Waals surface area contributed by atoms with Crippen LogP contribution in [0.1, 0.15) is 0 Å². The molecule has 0 saturated heterocycles. The average Bonchev–Trinajstić information content (AvgIpc) is 3.45. The van der Waals surface area contributed by atoms with Crippen LogP contribution < -0.4 is 61.5 Å². The van der Waals surface area contributed by atoms with Crippen molar-refractivity contribution >= 4 is 113 Å². The molecule has 0 unspecified atom stereocenters. The van der Waals surface area contributed by atoms with Gasteiger partial charge in [-0.05, 0) is 151 Å². The molecule has 12 aromatic carbocycles. The van der Waals surface area contributed by atoms with E-state index in [1.807, 2.05) is 12.1 Å². The number of ether oxygens (including phenoxy) is 4. The van der Waals surface area contributed by atoms with E-state index >= 15 is 0 Å². The van der Waals surface area contributed by atoms with Crippen LogP contribution in [-0.2, 0) is 0 Å². The van der Waals surface area contributed by atoms with Crippen molar-refractivity contribution in [2.75, 3.05) is 9.80 Å². The Morgan fingerprint density at radius 1 is 0.216 bits per heavy atom. The summed E-state index contributed by atoms with van der Waals surface area (Å²) in [4.78, 5) is 4.56. The van der Waals surface area contributed by atoms with Gasteiger partial charge in [-0.2, -0.15) is 0 Å². The molecule has 74 heavy (non-hydrogen) atoms. The first kappa shape index (κ1) is 41.0. The molecule has 4 aliphatic heterocycles. The normalized spacial score (nSPS) is 13.0. The molecule has 8 heteroatoms. The van der Waals surface area contributed by atoms with Gasteiger partial charge in [0, 0.05) is 57.2 Å². The molecule has 0 N–H and O–H groups in total. The van der Waals surface area contributed by atoms with Gasteiger partial charge in [-0.15, -0.1) is 0 Å². The number of rotatable bonds is 6. The van der Waals surface area contributed by atoms with Crippen molar-refractivity contribution < 1.29 is 18.9 Å². The molecule has 0 saturated carbocycles.